The van der Waals surface area contributed by atoms with Crippen molar-refractivity contribution in [3.8, 4) is 17.2 Å². The molecule has 7 nitrogen and oxygen atoms in total. The molecule has 1 amide bonds. The quantitative estimate of drug-likeness (QED) is 0.619. The Labute approximate surface area is 182 Å². The maximum Gasteiger partial charge on any atom is 0.344 e. The van der Waals surface area contributed by atoms with Crippen molar-refractivity contribution in [1.29, 1.82) is 0 Å². The zero-order valence-electron chi connectivity index (χ0n) is 18.2. The van der Waals surface area contributed by atoms with Gasteiger partial charge in [-0.2, -0.15) is 0 Å². The monoisotopic (exact) mass is 427 g/mol. The van der Waals surface area contributed by atoms with E-state index in [9.17, 15) is 9.59 Å². The molecule has 2 aromatic rings. The van der Waals surface area contributed by atoms with Crippen LogP contribution in [0, 0.1) is 6.92 Å². The van der Waals surface area contributed by atoms with Crippen LogP contribution in [0.5, 0.6) is 17.2 Å². The molecule has 0 atom stereocenters. The van der Waals surface area contributed by atoms with Crippen molar-refractivity contribution >= 4 is 11.9 Å². The molecule has 1 aliphatic heterocycles. The maximum absolute atomic E-state index is 11.9. The van der Waals surface area contributed by atoms with Crippen molar-refractivity contribution in [2.24, 2.45) is 0 Å². The second-order valence-corrected chi connectivity index (χ2v) is 7.70. The molecule has 0 spiro atoms. The van der Waals surface area contributed by atoms with Crippen molar-refractivity contribution < 1.29 is 28.5 Å². The number of fused-ring (bicyclic) bond motifs is 1. The van der Waals surface area contributed by atoms with Crippen LogP contribution in [-0.4, -0.2) is 44.8 Å². The number of carbonyl (C=O) groups excluding carboxylic acids is 2. The predicted octanol–water partition coefficient (Wildman–Crippen LogP) is 3.17. The Morgan fingerprint density at radius 2 is 1.81 bits per heavy atom. The largest absolute Gasteiger partial charge is 0.486 e. The Hall–Kier alpha value is -3.22. The zero-order chi connectivity index (χ0) is 22.2. The van der Waals surface area contributed by atoms with Gasteiger partial charge < -0.3 is 24.3 Å². The van der Waals surface area contributed by atoms with Gasteiger partial charge in [-0.25, -0.2) is 4.79 Å². The summed E-state index contributed by atoms with van der Waals surface area (Å²) in [4.78, 5) is 23.8. The normalized spacial score (nSPS) is 12.4. The summed E-state index contributed by atoms with van der Waals surface area (Å²) < 4.78 is 21.5. The molecule has 0 aromatic heterocycles. The highest BCUT2D eigenvalue weighted by Gasteiger charge is 2.12. The van der Waals surface area contributed by atoms with Crippen LogP contribution in [0.25, 0.3) is 0 Å². The lowest BCUT2D eigenvalue weighted by atomic mass is 9.98. The molecule has 1 aliphatic rings. The number of ether oxygens (including phenoxy) is 4. The van der Waals surface area contributed by atoms with E-state index in [2.05, 4.69) is 19.2 Å². The van der Waals surface area contributed by atoms with Crippen LogP contribution < -0.4 is 19.5 Å². The summed E-state index contributed by atoms with van der Waals surface area (Å²) >= 11 is 0. The lowest BCUT2D eigenvalue weighted by molar-refractivity contribution is -0.150. The molecular formula is C24H29NO6. The van der Waals surface area contributed by atoms with Gasteiger partial charge in [-0.05, 0) is 60.2 Å². The standard InChI is InChI=1S/C24H29NO6/c1-16(2)20-6-5-19(12-17(20)3)30-15-24(27)31-14-23(26)25-9-8-18-4-7-21-22(13-18)29-11-10-28-21/h4-7,12-13,16H,8-11,14-15H2,1-3H3,(H,25,26). The molecule has 0 unspecified atom stereocenters. The first-order chi connectivity index (χ1) is 14.9. The van der Waals surface area contributed by atoms with E-state index in [0.29, 0.717) is 37.8 Å². The van der Waals surface area contributed by atoms with Gasteiger partial charge in [0.2, 0.25) is 0 Å². The third-order valence-electron chi connectivity index (χ3n) is 4.93. The molecule has 0 fully saturated rings. The van der Waals surface area contributed by atoms with Crippen molar-refractivity contribution in [1.82, 2.24) is 5.32 Å². The summed E-state index contributed by atoms with van der Waals surface area (Å²) in [6.07, 6.45) is 0.630. The van der Waals surface area contributed by atoms with Gasteiger partial charge in [0.05, 0.1) is 0 Å². The first-order valence-corrected chi connectivity index (χ1v) is 10.5. The minimum Gasteiger partial charge on any atom is -0.486 e. The summed E-state index contributed by atoms with van der Waals surface area (Å²) in [6, 6.07) is 11.4. The van der Waals surface area contributed by atoms with Gasteiger partial charge >= 0.3 is 5.97 Å². The number of hydrogen-bond acceptors (Lipinski definition) is 6. The van der Waals surface area contributed by atoms with Crippen molar-refractivity contribution in [3.05, 3.63) is 53.1 Å². The second kappa shape index (κ2) is 10.7. The van der Waals surface area contributed by atoms with Crippen molar-refractivity contribution in [3.63, 3.8) is 0 Å². The first kappa shape index (κ1) is 22.5. The number of hydrogen-bond donors (Lipinski definition) is 1. The highest BCUT2D eigenvalue weighted by molar-refractivity contribution is 5.80. The molecule has 1 heterocycles. The lowest BCUT2D eigenvalue weighted by Gasteiger charge is -2.18. The van der Waals surface area contributed by atoms with Crippen LogP contribution in [0.3, 0.4) is 0 Å². The zero-order valence-corrected chi connectivity index (χ0v) is 18.2. The van der Waals surface area contributed by atoms with Gasteiger partial charge in [0, 0.05) is 6.54 Å². The number of carbonyl (C=O) groups is 2. The molecule has 0 bridgehead atoms. The van der Waals surface area contributed by atoms with Crippen LogP contribution >= 0.6 is 0 Å². The van der Waals surface area contributed by atoms with Crippen LogP contribution in [-0.2, 0) is 20.7 Å². The Balaban J connectivity index is 1.34. The smallest absolute Gasteiger partial charge is 0.344 e. The fourth-order valence-electron chi connectivity index (χ4n) is 3.36. The highest BCUT2D eigenvalue weighted by Crippen LogP contribution is 2.30. The third-order valence-corrected chi connectivity index (χ3v) is 4.93. The molecule has 0 saturated heterocycles. The Kier molecular flexibility index (Phi) is 7.76. The van der Waals surface area contributed by atoms with Gasteiger partial charge in [0.1, 0.15) is 19.0 Å². The van der Waals surface area contributed by atoms with Crippen LogP contribution in [0.15, 0.2) is 36.4 Å². The summed E-state index contributed by atoms with van der Waals surface area (Å²) in [5, 5.41) is 2.74. The third kappa shape index (κ3) is 6.64. The molecule has 31 heavy (non-hydrogen) atoms. The Morgan fingerprint density at radius 1 is 1.03 bits per heavy atom. The second-order valence-electron chi connectivity index (χ2n) is 7.70. The average molecular weight is 427 g/mol. The van der Waals surface area contributed by atoms with E-state index in [1.54, 1.807) is 0 Å². The lowest BCUT2D eigenvalue weighted by Crippen LogP contribution is -2.31. The van der Waals surface area contributed by atoms with E-state index < -0.39 is 5.97 Å². The van der Waals surface area contributed by atoms with E-state index in [1.807, 2.05) is 43.3 Å². The number of nitrogens with one attached hydrogen (secondary N) is 1. The van der Waals surface area contributed by atoms with E-state index >= 15 is 0 Å². The fraction of sp³-hybridized carbons (Fsp3) is 0.417. The SMILES string of the molecule is Cc1cc(OCC(=O)OCC(=O)NCCc2ccc3c(c2)OCCO3)ccc1C(C)C. The molecule has 0 radical (unpaired) electrons. The molecule has 3 rings (SSSR count). The van der Waals surface area contributed by atoms with E-state index in [-0.39, 0.29) is 19.1 Å². The molecule has 2 aromatic carbocycles. The van der Waals surface area contributed by atoms with Gasteiger partial charge in [-0.1, -0.05) is 26.0 Å². The van der Waals surface area contributed by atoms with Gasteiger partial charge in [0.25, 0.3) is 5.91 Å². The van der Waals surface area contributed by atoms with Crippen molar-refractivity contribution in [2.75, 3.05) is 33.0 Å². The summed E-state index contributed by atoms with van der Waals surface area (Å²) in [5.41, 5.74) is 3.37. The molecule has 7 heteroatoms. The summed E-state index contributed by atoms with van der Waals surface area (Å²) in [5.74, 6) is 1.53. The number of rotatable bonds is 9. The molecular weight excluding hydrogens is 398 g/mol. The topological polar surface area (TPSA) is 83.1 Å². The number of amides is 1. The van der Waals surface area contributed by atoms with E-state index in [0.717, 1.165) is 22.6 Å². The van der Waals surface area contributed by atoms with Gasteiger partial charge in [-0.15, -0.1) is 0 Å². The first-order valence-electron chi connectivity index (χ1n) is 10.5. The Bertz CT molecular complexity index is 924. The number of benzene rings is 2. The summed E-state index contributed by atoms with van der Waals surface area (Å²) in [7, 11) is 0. The van der Waals surface area contributed by atoms with Crippen LogP contribution in [0.2, 0.25) is 0 Å². The minimum atomic E-state index is -0.590. The average Bonchev–Trinajstić information content (AvgIpc) is 2.76. The summed E-state index contributed by atoms with van der Waals surface area (Å²) in [6.45, 7) is 7.19. The molecule has 0 saturated carbocycles. The number of aryl methyl sites for hydroxylation is 1. The predicted molar refractivity (Wildman–Crippen MR) is 116 cm³/mol. The molecule has 166 valence electrons. The Morgan fingerprint density at radius 3 is 2.55 bits per heavy atom. The fourth-order valence-corrected chi connectivity index (χ4v) is 3.36. The van der Waals surface area contributed by atoms with Crippen LogP contribution in [0.4, 0.5) is 0 Å². The van der Waals surface area contributed by atoms with Gasteiger partial charge in [-0.3, -0.25) is 4.79 Å². The van der Waals surface area contributed by atoms with E-state index in [4.69, 9.17) is 18.9 Å². The van der Waals surface area contributed by atoms with Crippen LogP contribution in [0.1, 0.15) is 36.5 Å². The van der Waals surface area contributed by atoms with Gasteiger partial charge in [0.15, 0.2) is 24.7 Å². The highest BCUT2D eigenvalue weighted by atomic mass is 16.6. The molecule has 0 aliphatic carbocycles. The van der Waals surface area contributed by atoms with Crippen molar-refractivity contribution in [2.45, 2.75) is 33.1 Å². The van der Waals surface area contributed by atoms with E-state index in [1.165, 1.54) is 5.56 Å². The molecule has 1 N–H and O–H groups in total. The number of esters is 1. The maximum atomic E-state index is 11.9. The minimum absolute atomic E-state index is 0.245.